The van der Waals surface area contributed by atoms with Crippen molar-refractivity contribution in [3.05, 3.63) is 65.7 Å². The van der Waals surface area contributed by atoms with Crippen LogP contribution < -0.4 is 15.1 Å². The van der Waals surface area contributed by atoms with Crippen LogP contribution >= 0.6 is 0 Å². The third-order valence-electron chi connectivity index (χ3n) is 6.15. The molecule has 3 rings (SSSR count). The topological polar surface area (TPSA) is 53.9 Å². The fraction of sp³-hybridized carbons (Fsp3) is 0.440. The summed E-state index contributed by atoms with van der Waals surface area (Å²) in [4.78, 5) is 28.1. The molecule has 0 saturated carbocycles. The van der Waals surface area contributed by atoms with Gasteiger partial charge in [-0.3, -0.25) is 9.59 Å². The van der Waals surface area contributed by atoms with Crippen molar-refractivity contribution >= 4 is 17.4 Å². The van der Waals surface area contributed by atoms with Gasteiger partial charge < -0.3 is 15.1 Å². The second kappa shape index (κ2) is 10.4. The number of nitrogens with zero attached hydrogens (tertiary/aromatic N) is 1. The van der Waals surface area contributed by atoms with Gasteiger partial charge in [0.2, 0.25) is 0 Å². The van der Waals surface area contributed by atoms with E-state index >= 15 is 0 Å². The maximum Gasteiger partial charge on any atom is 0.278 e. The molecule has 2 aromatic rings. The van der Waals surface area contributed by atoms with Gasteiger partial charge in [0.05, 0.1) is 32.2 Å². The zero-order valence-electron chi connectivity index (χ0n) is 18.4. The van der Waals surface area contributed by atoms with Crippen molar-refractivity contribution in [3.8, 4) is 0 Å². The minimum absolute atomic E-state index is 0.0738. The van der Waals surface area contributed by atoms with Crippen LogP contribution in [-0.2, 0) is 4.79 Å². The van der Waals surface area contributed by atoms with Crippen LogP contribution in [0.5, 0.6) is 0 Å². The lowest BCUT2D eigenvalue weighted by Crippen LogP contribution is -3.19. The first-order valence-corrected chi connectivity index (χ1v) is 11.1. The summed E-state index contributed by atoms with van der Waals surface area (Å²) in [7, 11) is 0. The van der Waals surface area contributed by atoms with Gasteiger partial charge >= 0.3 is 0 Å². The van der Waals surface area contributed by atoms with Crippen LogP contribution in [0.2, 0.25) is 0 Å². The van der Waals surface area contributed by atoms with Crippen molar-refractivity contribution in [1.82, 2.24) is 5.32 Å². The molecule has 5 nitrogen and oxygen atoms in total. The first-order valence-electron chi connectivity index (χ1n) is 11.1. The van der Waals surface area contributed by atoms with E-state index < -0.39 is 0 Å². The average molecular weight is 409 g/mol. The summed E-state index contributed by atoms with van der Waals surface area (Å²) in [6, 6.07) is 18.1. The van der Waals surface area contributed by atoms with Crippen LogP contribution in [0.1, 0.15) is 55.6 Å². The third-order valence-corrected chi connectivity index (χ3v) is 6.15. The average Bonchev–Trinajstić information content (AvgIpc) is 2.79. The summed E-state index contributed by atoms with van der Waals surface area (Å²) in [6.45, 7) is 9.44. The molecular weight excluding hydrogens is 374 g/mol. The number of rotatable bonds is 8. The monoisotopic (exact) mass is 408 g/mol. The Morgan fingerprint density at radius 3 is 2.23 bits per heavy atom. The molecule has 1 amide bonds. The van der Waals surface area contributed by atoms with Gasteiger partial charge in [0.25, 0.3) is 5.91 Å². The van der Waals surface area contributed by atoms with E-state index in [0.717, 1.165) is 50.3 Å². The van der Waals surface area contributed by atoms with E-state index in [-0.39, 0.29) is 23.8 Å². The van der Waals surface area contributed by atoms with Crippen molar-refractivity contribution in [2.24, 2.45) is 0 Å². The van der Waals surface area contributed by atoms with E-state index in [9.17, 15) is 9.59 Å². The maximum atomic E-state index is 13.0. The zero-order valence-corrected chi connectivity index (χ0v) is 18.4. The predicted octanol–water partition coefficient (Wildman–Crippen LogP) is 2.64. The maximum absolute atomic E-state index is 13.0. The minimum atomic E-state index is -0.0738. The van der Waals surface area contributed by atoms with Crippen molar-refractivity contribution in [2.45, 2.75) is 45.7 Å². The highest BCUT2D eigenvalue weighted by molar-refractivity contribution is 5.94. The summed E-state index contributed by atoms with van der Waals surface area (Å²) in [6.07, 6.45) is 1.98. The molecule has 1 aliphatic rings. The molecule has 1 aliphatic heterocycles. The van der Waals surface area contributed by atoms with Gasteiger partial charge in [-0.25, -0.2) is 0 Å². The number of hydrogen-bond donors (Lipinski definition) is 2. The molecule has 1 saturated heterocycles. The fourth-order valence-corrected chi connectivity index (χ4v) is 4.17. The quantitative estimate of drug-likeness (QED) is 0.661. The summed E-state index contributed by atoms with van der Waals surface area (Å²) in [5.74, 6) is 0.221. The van der Waals surface area contributed by atoms with Crippen LogP contribution in [0, 0.1) is 0 Å². The molecule has 160 valence electrons. The van der Waals surface area contributed by atoms with Gasteiger partial charge in [-0.1, -0.05) is 43.7 Å². The van der Waals surface area contributed by atoms with Crippen LogP contribution in [0.3, 0.4) is 0 Å². The highest BCUT2D eigenvalue weighted by Crippen LogP contribution is 2.18. The Balaban J connectivity index is 1.55. The lowest BCUT2D eigenvalue weighted by Gasteiger charge is -2.36. The van der Waals surface area contributed by atoms with Gasteiger partial charge in [0, 0.05) is 11.3 Å². The van der Waals surface area contributed by atoms with E-state index in [1.54, 1.807) is 6.92 Å². The highest BCUT2D eigenvalue weighted by Gasteiger charge is 2.30. The van der Waals surface area contributed by atoms with E-state index in [0.29, 0.717) is 0 Å². The largest absolute Gasteiger partial charge is 0.360 e. The Kier molecular flexibility index (Phi) is 7.63. The number of quaternary nitrogens is 1. The number of amides is 1. The lowest BCUT2D eigenvalue weighted by atomic mass is 10.0. The zero-order chi connectivity index (χ0) is 21.5. The van der Waals surface area contributed by atoms with Gasteiger partial charge in [0.1, 0.15) is 0 Å². The summed E-state index contributed by atoms with van der Waals surface area (Å²) >= 11 is 0. The second-order valence-corrected chi connectivity index (χ2v) is 8.23. The fourth-order valence-electron chi connectivity index (χ4n) is 4.17. The SMILES string of the molecule is CCC[C@H](NC(=O)[C@H](C)[NH+]1CCN(c2ccc(C(C)=O)cc2)CC1)c1ccccc1. The Hall–Kier alpha value is -2.66. The Bertz CT molecular complexity index is 827. The smallest absolute Gasteiger partial charge is 0.278 e. The van der Waals surface area contributed by atoms with Gasteiger partial charge in [-0.15, -0.1) is 0 Å². The molecule has 0 bridgehead atoms. The van der Waals surface area contributed by atoms with E-state index in [1.807, 2.05) is 49.4 Å². The Labute approximate surface area is 180 Å². The summed E-state index contributed by atoms with van der Waals surface area (Å²) < 4.78 is 0. The van der Waals surface area contributed by atoms with Crippen molar-refractivity contribution in [2.75, 3.05) is 31.1 Å². The number of nitrogens with one attached hydrogen (secondary N) is 2. The number of hydrogen-bond acceptors (Lipinski definition) is 3. The number of carbonyl (C=O) groups is 2. The molecule has 0 aliphatic carbocycles. The number of anilines is 1. The van der Waals surface area contributed by atoms with E-state index in [4.69, 9.17) is 0 Å². The highest BCUT2D eigenvalue weighted by atomic mass is 16.2. The van der Waals surface area contributed by atoms with Gasteiger partial charge in [-0.2, -0.15) is 0 Å². The minimum Gasteiger partial charge on any atom is -0.360 e. The molecule has 30 heavy (non-hydrogen) atoms. The lowest BCUT2D eigenvalue weighted by molar-refractivity contribution is -0.914. The Morgan fingerprint density at radius 2 is 1.67 bits per heavy atom. The molecule has 2 atom stereocenters. The van der Waals surface area contributed by atoms with Crippen LogP contribution in [0.25, 0.3) is 0 Å². The van der Waals surface area contributed by atoms with Crippen molar-refractivity contribution in [3.63, 3.8) is 0 Å². The molecule has 0 radical (unpaired) electrons. The molecule has 0 spiro atoms. The molecule has 1 fully saturated rings. The van der Waals surface area contributed by atoms with E-state index in [1.165, 1.54) is 10.5 Å². The summed E-state index contributed by atoms with van der Waals surface area (Å²) in [5.41, 5.74) is 3.06. The first kappa shape index (κ1) is 22.0. The van der Waals surface area contributed by atoms with Crippen LogP contribution in [0.15, 0.2) is 54.6 Å². The number of ketones is 1. The molecule has 2 N–H and O–H groups in total. The number of Topliss-reactive ketones (excluding diaryl/α,β-unsaturated/α-hetero) is 1. The first-order chi connectivity index (χ1) is 14.5. The molecular formula is C25H34N3O2+. The normalized spacial score (nSPS) is 16.7. The second-order valence-electron chi connectivity index (χ2n) is 8.23. The van der Waals surface area contributed by atoms with Crippen molar-refractivity contribution in [1.29, 1.82) is 0 Å². The van der Waals surface area contributed by atoms with Crippen molar-refractivity contribution < 1.29 is 14.5 Å². The molecule has 0 unspecified atom stereocenters. The standard InChI is InChI=1S/C25H33N3O2/c1-4-8-24(22-9-6-5-7-10-22)26-25(30)19(2)27-15-17-28(18-16-27)23-13-11-21(12-14-23)20(3)29/h5-7,9-14,19,24H,4,8,15-18H2,1-3H3,(H,26,30)/p+1/t19-,24-/m0/s1. The molecule has 5 heteroatoms. The number of benzene rings is 2. The third kappa shape index (κ3) is 5.48. The number of piperazine rings is 1. The van der Waals surface area contributed by atoms with Gasteiger partial charge in [0.15, 0.2) is 11.8 Å². The molecule has 2 aromatic carbocycles. The summed E-state index contributed by atoms with van der Waals surface area (Å²) in [5, 5.41) is 3.29. The Morgan fingerprint density at radius 1 is 1.03 bits per heavy atom. The van der Waals surface area contributed by atoms with E-state index in [2.05, 4.69) is 29.3 Å². The molecule has 1 heterocycles. The predicted molar refractivity (Wildman–Crippen MR) is 121 cm³/mol. The molecule has 0 aromatic heterocycles. The number of carbonyl (C=O) groups excluding carboxylic acids is 2. The van der Waals surface area contributed by atoms with Crippen LogP contribution in [0.4, 0.5) is 5.69 Å². The van der Waals surface area contributed by atoms with Crippen LogP contribution in [-0.4, -0.2) is 43.9 Å². The van der Waals surface area contributed by atoms with Gasteiger partial charge in [-0.05, 0) is 50.1 Å².